The molecule has 1 aromatic rings. The Balaban J connectivity index is 1.97. The van der Waals surface area contributed by atoms with Gasteiger partial charge >= 0.3 is 6.03 Å². The molecular formula is C13H17N3O3. The maximum atomic E-state index is 11.7. The van der Waals surface area contributed by atoms with Gasteiger partial charge in [-0.05, 0) is 24.3 Å². The van der Waals surface area contributed by atoms with E-state index in [-0.39, 0.29) is 12.3 Å². The molecule has 102 valence electrons. The summed E-state index contributed by atoms with van der Waals surface area (Å²) in [7, 11) is 0. The number of ketones is 1. The molecule has 1 aromatic carbocycles. The SMILES string of the molecule is NC(=O)NCC(=O)c1ccc(N2CCOCC2)cc1. The van der Waals surface area contributed by atoms with Crippen LogP contribution in [0, 0.1) is 0 Å². The molecule has 1 aliphatic heterocycles. The molecule has 0 atom stereocenters. The van der Waals surface area contributed by atoms with E-state index in [0.717, 1.165) is 32.0 Å². The van der Waals surface area contributed by atoms with Crippen molar-refractivity contribution in [2.75, 3.05) is 37.7 Å². The largest absolute Gasteiger partial charge is 0.378 e. The zero-order chi connectivity index (χ0) is 13.7. The zero-order valence-corrected chi connectivity index (χ0v) is 10.6. The number of amides is 2. The molecule has 6 heteroatoms. The quantitative estimate of drug-likeness (QED) is 0.769. The van der Waals surface area contributed by atoms with Crippen molar-refractivity contribution >= 4 is 17.5 Å². The number of primary amides is 1. The Kier molecular flexibility index (Phi) is 4.35. The molecular weight excluding hydrogens is 246 g/mol. The Morgan fingerprint density at radius 1 is 1.21 bits per heavy atom. The van der Waals surface area contributed by atoms with E-state index < -0.39 is 6.03 Å². The van der Waals surface area contributed by atoms with Crippen LogP contribution in [-0.4, -0.2) is 44.7 Å². The van der Waals surface area contributed by atoms with Gasteiger partial charge in [-0.3, -0.25) is 4.79 Å². The number of hydrogen-bond acceptors (Lipinski definition) is 4. The normalized spacial score (nSPS) is 15.1. The van der Waals surface area contributed by atoms with Gasteiger partial charge < -0.3 is 20.7 Å². The molecule has 1 aliphatic rings. The molecule has 0 radical (unpaired) electrons. The number of rotatable bonds is 4. The van der Waals surface area contributed by atoms with Gasteiger partial charge in [-0.1, -0.05) is 0 Å². The summed E-state index contributed by atoms with van der Waals surface area (Å²) < 4.78 is 5.29. The Bertz CT molecular complexity index is 453. The predicted octanol–water partition coefficient (Wildman–Crippen LogP) is 0.374. The molecule has 0 bridgehead atoms. The maximum absolute atomic E-state index is 11.7. The van der Waals surface area contributed by atoms with E-state index in [1.54, 1.807) is 12.1 Å². The standard InChI is InChI=1S/C13H17N3O3/c14-13(18)15-9-12(17)10-1-3-11(4-2-10)16-5-7-19-8-6-16/h1-4H,5-9H2,(H3,14,15,18). The van der Waals surface area contributed by atoms with E-state index in [0.29, 0.717) is 5.56 Å². The zero-order valence-electron chi connectivity index (χ0n) is 10.6. The summed E-state index contributed by atoms with van der Waals surface area (Å²) in [5, 5.41) is 2.28. The van der Waals surface area contributed by atoms with Crippen LogP contribution in [0.1, 0.15) is 10.4 Å². The Labute approximate surface area is 111 Å². The second-order valence-electron chi connectivity index (χ2n) is 4.29. The molecule has 0 spiro atoms. The molecule has 3 N–H and O–H groups in total. The molecule has 6 nitrogen and oxygen atoms in total. The second kappa shape index (κ2) is 6.19. The molecule has 0 unspecified atom stereocenters. The van der Waals surface area contributed by atoms with Crippen LogP contribution in [0.4, 0.5) is 10.5 Å². The molecule has 1 saturated heterocycles. The van der Waals surface area contributed by atoms with Crippen molar-refractivity contribution in [2.24, 2.45) is 5.73 Å². The van der Waals surface area contributed by atoms with Crippen LogP contribution in [0.15, 0.2) is 24.3 Å². The number of hydrogen-bond donors (Lipinski definition) is 2. The number of morpholine rings is 1. The Morgan fingerprint density at radius 2 is 1.84 bits per heavy atom. The van der Waals surface area contributed by atoms with E-state index in [9.17, 15) is 9.59 Å². The van der Waals surface area contributed by atoms with Gasteiger partial charge in [0.2, 0.25) is 0 Å². The fourth-order valence-corrected chi connectivity index (χ4v) is 1.95. The van der Waals surface area contributed by atoms with Gasteiger partial charge in [0.1, 0.15) is 0 Å². The third-order valence-electron chi connectivity index (χ3n) is 2.99. The maximum Gasteiger partial charge on any atom is 0.312 e. The molecule has 2 amide bonds. The second-order valence-corrected chi connectivity index (χ2v) is 4.29. The molecule has 2 rings (SSSR count). The smallest absolute Gasteiger partial charge is 0.312 e. The van der Waals surface area contributed by atoms with Crippen LogP contribution in [-0.2, 0) is 4.74 Å². The summed E-state index contributed by atoms with van der Waals surface area (Å²) in [6, 6.07) is 6.63. The van der Waals surface area contributed by atoms with Crippen molar-refractivity contribution < 1.29 is 14.3 Å². The van der Waals surface area contributed by atoms with Crippen molar-refractivity contribution in [3.05, 3.63) is 29.8 Å². The average Bonchev–Trinajstić information content (AvgIpc) is 2.46. The van der Waals surface area contributed by atoms with Crippen LogP contribution >= 0.6 is 0 Å². The topological polar surface area (TPSA) is 84.7 Å². The first kappa shape index (κ1) is 13.4. The number of carbonyl (C=O) groups excluding carboxylic acids is 2. The van der Waals surface area contributed by atoms with Crippen molar-refractivity contribution in [1.29, 1.82) is 0 Å². The van der Waals surface area contributed by atoms with Gasteiger partial charge in [-0.2, -0.15) is 0 Å². The van der Waals surface area contributed by atoms with Crippen LogP contribution in [0.2, 0.25) is 0 Å². The van der Waals surface area contributed by atoms with Crippen LogP contribution < -0.4 is 16.0 Å². The van der Waals surface area contributed by atoms with Crippen LogP contribution in [0.25, 0.3) is 0 Å². The number of nitrogens with two attached hydrogens (primary N) is 1. The first-order valence-corrected chi connectivity index (χ1v) is 6.16. The molecule has 19 heavy (non-hydrogen) atoms. The Hall–Kier alpha value is -2.08. The highest BCUT2D eigenvalue weighted by molar-refractivity contribution is 5.99. The van der Waals surface area contributed by atoms with E-state index in [2.05, 4.69) is 10.2 Å². The Morgan fingerprint density at radius 3 is 2.42 bits per heavy atom. The third-order valence-corrected chi connectivity index (χ3v) is 2.99. The van der Waals surface area contributed by atoms with Crippen molar-refractivity contribution in [2.45, 2.75) is 0 Å². The number of Topliss-reactive ketones (excluding diaryl/α,β-unsaturated/α-hetero) is 1. The van der Waals surface area contributed by atoms with E-state index >= 15 is 0 Å². The minimum atomic E-state index is -0.696. The number of ether oxygens (including phenoxy) is 1. The lowest BCUT2D eigenvalue weighted by atomic mass is 10.1. The van der Waals surface area contributed by atoms with Gasteiger partial charge in [0, 0.05) is 24.3 Å². The highest BCUT2D eigenvalue weighted by atomic mass is 16.5. The van der Waals surface area contributed by atoms with Gasteiger partial charge in [0.25, 0.3) is 0 Å². The minimum Gasteiger partial charge on any atom is -0.378 e. The van der Waals surface area contributed by atoms with Gasteiger partial charge in [0.05, 0.1) is 19.8 Å². The lowest BCUT2D eigenvalue weighted by molar-refractivity contribution is 0.0993. The summed E-state index contributed by atoms with van der Waals surface area (Å²) >= 11 is 0. The molecule has 1 fully saturated rings. The van der Waals surface area contributed by atoms with E-state index in [4.69, 9.17) is 10.5 Å². The van der Waals surface area contributed by atoms with E-state index in [1.807, 2.05) is 12.1 Å². The number of urea groups is 1. The molecule has 0 aliphatic carbocycles. The van der Waals surface area contributed by atoms with Crippen LogP contribution in [0.3, 0.4) is 0 Å². The number of nitrogens with zero attached hydrogens (tertiary/aromatic N) is 1. The monoisotopic (exact) mass is 263 g/mol. The van der Waals surface area contributed by atoms with Crippen LogP contribution in [0.5, 0.6) is 0 Å². The van der Waals surface area contributed by atoms with Gasteiger partial charge in [-0.15, -0.1) is 0 Å². The van der Waals surface area contributed by atoms with Gasteiger partial charge in [0.15, 0.2) is 5.78 Å². The molecule has 0 aromatic heterocycles. The summed E-state index contributed by atoms with van der Waals surface area (Å²) in [5.74, 6) is -0.160. The number of nitrogens with one attached hydrogen (secondary N) is 1. The summed E-state index contributed by atoms with van der Waals surface area (Å²) in [6.45, 7) is 3.09. The molecule has 0 saturated carbocycles. The van der Waals surface area contributed by atoms with Crippen molar-refractivity contribution in [3.8, 4) is 0 Å². The summed E-state index contributed by atoms with van der Waals surface area (Å²) in [4.78, 5) is 24.5. The predicted molar refractivity (Wildman–Crippen MR) is 71.4 cm³/mol. The van der Waals surface area contributed by atoms with Gasteiger partial charge in [-0.25, -0.2) is 4.79 Å². The fraction of sp³-hybridized carbons (Fsp3) is 0.385. The lowest BCUT2D eigenvalue weighted by Gasteiger charge is -2.28. The first-order chi connectivity index (χ1) is 9.16. The first-order valence-electron chi connectivity index (χ1n) is 6.16. The van der Waals surface area contributed by atoms with Crippen molar-refractivity contribution in [1.82, 2.24) is 5.32 Å². The lowest BCUT2D eigenvalue weighted by Crippen LogP contribution is -2.36. The highest BCUT2D eigenvalue weighted by Crippen LogP contribution is 2.16. The van der Waals surface area contributed by atoms with Crippen molar-refractivity contribution in [3.63, 3.8) is 0 Å². The fourth-order valence-electron chi connectivity index (χ4n) is 1.95. The number of carbonyl (C=O) groups is 2. The van der Waals surface area contributed by atoms with E-state index in [1.165, 1.54) is 0 Å². The molecule has 1 heterocycles. The summed E-state index contributed by atoms with van der Waals surface area (Å²) in [5.41, 5.74) is 6.55. The third kappa shape index (κ3) is 3.69. The average molecular weight is 263 g/mol. The minimum absolute atomic E-state index is 0.0771. The highest BCUT2D eigenvalue weighted by Gasteiger charge is 2.12. The number of anilines is 1. The summed E-state index contributed by atoms with van der Waals surface area (Å²) in [6.07, 6.45) is 0. The number of benzene rings is 1.